The van der Waals surface area contributed by atoms with Crippen LogP contribution in [-0.4, -0.2) is 13.2 Å². The molecule has 0 fully saturated rings. The Bertz CT molecular complexity index is 730. The van der Waals surface area contributed by atoms with Crippen LogP contribution in [0.1, 0.15) is 19.4 Å². The first-order chi connectivity index (χ1) is 10.0. The fraction of sp³-hybridized carbons (Fsp3) is 0.357. The molecule has 1 aromatic carbocycles. The van der Waals surface area contributed by atoms with Crippen LogP contribution in [0.4, 0.5) is 0 Å². The van der Waals surface area contributed by atoms with E-state index < -0.39 is 7.60 Å². The Morgan fingerprint density at radius 1 is 1.24 bits per heavy atom. The summed E-state index contributed by atoms with van der Waals surface area (Å²) in [6.45, 7) is 3.96. The number of benzene rings is 1. The van der Waals surface area contributed by atoms with Crippen molar-refractivity contribution in [3.8, 4) is 0 Å². The van der Waals surface area contributed by atoms with Gasteiger partial charge in [-0.2, -0.15) is 0 Å². The first kappa shape index (κ1) is 16.4. The molecular weight excluding hydrogens is 359 g/mol. The molecule has 0 amide bonds. The molecule has 0 saturated heterocycles. The van der Waals surface area contributed by atoms with Crippen LogP contribution >= 0.6 is 23.5 Å². The molecule has 0 radical (unpaired) electrons. The monoisotopic (exact) mass is 374 g/mol. The largest absolute Gasteiger partial charge is 0.463 e. The maximum absolute atomic E-state index is 12.5. The van der Waals surface area contributed by atoms with Gasteiger partial charge in [0, 0.05) is 5.56 Å². The zero-order valence-electron chi connectivity index (χ0n) is 11.8. The molecule has 0 aliphatic rings. The first-order valence-electron chi connectivity index (χ1n) is 6.57. The minimum Gasteiger partial charge on any atom is -0.463 e. The Morgan fingerprint density at radius 3 is 2.52 bits per heavy atom. The third-order valence-electron chi connectivity index (χ3n) is 2.84. The van der Waals surface area contributed by atoms with Crippen molar-refractivity contribution >= 4 is 34.5 Å². The molecule has 0 aliphatic carbocycles. The van der Waals surface area contributed by atoms with Crippen molar-refractivity contribution in [3.05, 3.63) is 44.7 Å². The summed E-state index contributed by atoms with van der Waals surface area (Å²) in [5, 5.41) is 0.432. The quantitative estimate of drug-likeness (QED) is 0.704. The molecule has 21 heavy (non-hydrogen) atoms. The lowest BCUT2D eigenvalue weighted by atomic mass is 10.2. The van der Waals surface area contributed by atoms with E-state index in [1.165, 1.54) is 6.26 Å². The molecule has 1 aromatic heterocycles. The second-order valence-electron chi connectivity index (χ2n) is 4.31. The van der Waals surface area contributed by atoms with Crippen molar-refractivity contribution in [2.45, 2.75) is 20.0 Å². The number of fused-ring (bicyclic) bond motifs is 1. The van der Waals surface area contributed by atoms with E-state index in [4.69, 9.17) is 13.5 Å². The molecule has 0 atom stereocenters. The molecule has 114 valence electrons. The lowest BCUT2D eigenvalue weighted by molar-refractivity contribution is 0.219. The molecule has 0 aliphatic heterocycles. The van der Waals surface area contributed by atoms with Gasteiger partial charge in [-0.15, -0.1) is 0 Å². The lowest BCUT2D eigenvalue weighted by Gasteiger charge is -2.16. The summed E-state index contributed by atoms with van der Waals surface area (Å²) in [7, 11) is -3.33. The molecule has 0 bridgehead atoms. The average molecular weight is 375 g/mol. The van der Waals surface area contributed by atoms with E-state index >= 15 is 0 Å². The number of para-hydroxylation sites is 1. The van der Waals surface area contributed by atoms with Crippen molar-refractivity contribution in [2.75, 3.05) is 13.2 Å². The van der Waals surface area contributed by atoms with Crippen LogP contribution in [0.2, 0.25) is 0 Å². The number of halogens is 1. The predicted octanol–water partition coefficient (Wildman–Crippen LogP) is 4.32. The molecule has 0 spiro atoms. The van der Waals surface area contributed by atoms with E-state index in [0.717, 1.165) is 0 Å². The maximum atomic E-state index is 12.5. The smallest absolute Gasteiger partial charge is 0.335 e. The van der Waals surface area contributed by atoms with Gasteiger partial charge < -0.3 is 13.5 Å². The van der Waals surface area contributed by atoms with Crippen LogP contribution < -0.4 is 5.43 Å². The number of rotatable bonds is 6. The van der Waals surface area contributed by atoms with Gasteiger partial charge in [-0.3, -0.25) is 9.36 Å². The zero-order valence-corrected chi connectivity index (χ0v) is 14.3. The molecule has 2 aromatic rings. The van der Waals surface area contributed by atoms with Gasteiger partial charge in [0.1, 0.15) is 0 Å². The van der Waals surface area contributed by atoms with Crippen molar-refractivity contribution in [2.24, 2.45) is 0 Å². The third kappa shape index (κ3) is 3.64. The van der Waals surface area contributed by atoms with Crippen LogP contribution in [0.25, 0.3) is 11.0 Å². The fourth-order valence-corrected chi connectivity index (χ4v) is 4.14. The minimum atomic E-state index is -3.33. The lowest BCUT2D eigenvalue weighted by Crippen LogP contribution is -2.11. The third-order valence-corrected chi connectivity index (χ3v) is 5.49. The highest BCUT2D eigenvalue weighted by molar-refractivity contribution is 9.10. The average Bonchev–Trinajstić information content (AvgIpc) is 2.43. The van der Waals surface area contributed by atoms with E-state index in [2.05, 4.69) is 15.9 Å². The van der Waals surface area contributed by atoms with Crippen molar-refractivity contribution in [1.82, 2.24) is 0 Å². The molecule has 7 heteroatoms. The number of hydrogen-bond donors (Lipinski definition) is 0. The summed E-state index contributed by atoms with van der Waals surface area (Å²) in [6, 6.07) is 5.20. The normalized spacial score (nSPS) is 12.0. The van der Waals surface area contributed by atoms with Gasteiger partial charge in [0.05, 0.1) is 35.5 Å². The van der Waals surface area contributed by atoms with Crippen LogP contribution in [0.5, 0.6) is 0 Å². The van der Waals surface area contributed by atoms with E-state index in [1.54, 1.807) is 32.0 Å². The Hall–Kier alpha value is -0.940. The Kier molecular flexibility index (Phi) is 5.38. The highest BCUT2D eigenvalue weighted by Gasteiger charge is 2.26. The Balaban J connectivity index is 2.46. The van der Waals surface area contributed by atoms with Crippen molar-refractivity contribution < 1.29 is 18.0 Å². The second kappa shape index (κ2) is 6.88. The molecule has 0 saturated carbocycles. The van der Waals surface area contributed by atoms with E-state index in [-0.39, 0.29) is 30.4 Å². The first-order valence-corrected chi connectivity index (χ1v) is 9.10. The summed E-state index contributed by atoms with van der Waals surface area (Å²) < 4.78 is 29.1. The van der Waals surface area contributed by atoms with Gasteiger partial charge in [0.2, 0.25) is 0 Å². The topological polar surface area (TPSA) is 65.7 Å². The van der Waals surface area contributed by atoms with Crippen molar-refractivity contribution in [3.63, 3.8) is 0 Å². The summed E-state index contributed by atoms with van der Waals surface area (Å²) in [4.78, 5) is 12.5. The van der Waals surface area contributed by atoms with Gasteiger partial charge in [-0.25, -0.2) is 0 Å². The summed E-state index contributed by atoms with van der Waals surface area (Å²) in [5.41, 5.74) is 0.525. The van der Waals surface area contributed by atoms with Crippen LogP contribution in [0.15, 0.2) is 38.1 Å². The highest BCUT2D eigenvalue weighted by Crippen LogP contribution is 2.50. The highest BCUT2D eigenvalue weighted by atomic mass is 79.9. The minimum absolute atomic E-state index is 0.0978. The maximum Gasteiger partial charge on any atom is 0.335 e. The standard InChI is InChI=1S/C14H16BrO5P/c1-3-19-21(17,20-4-2)9-10-8-18-14-11(13(10)16)6-5-7-12(14)15/h5-8H,3-4,9H2,1-2H3. The van der Waals surface area contributed by atoms with Gasteiger partial charge >= 0.3 is 7.60 Å². The second-order valence-corrected chi connectivity index (χ2v) is 7.22. The van der Waals surface area contributed by atoms with Gasteiger partial charge in [-0.05, 0) is 41.9 Å². The summed E-state index contributed by atoms with van der Waals surface area (Å²) in [6.07, 6.45) is 1.22. The van der Waals surface area contributed by atoms with Crippen LogP contribution in [0.3, 0.4) is 0 Å². The SMILES string of the molecule is CCOP(=O)(Cc1coc2c(Br)cccc2c1=O)OCC. The van der Waals surface area contributed by atoms with E-state index in [0.29, 0.717) is 15.4 Å². The van der Waals surface area contributed by atoms with Crippen molar-refractivity contribution in [1.29, 1.82) is 0 Å². The molecule has 0 unspecified atom stereocenters. The van der Waals surface area contributed by atoms with E-state index in [9.17, 15) is 9.36 Å². The summed E-state index contributed by atoms with van der Waals surface area (Å²) >= 11 is 3.33. The number of hydrogen-bond acceptors (Lipinski definition) is 5. The van der Waals surface area contributed by atoms with Crippen LogP contribution in [0, 0.1) is 0 Å². The molecule has 5 nitrogen and oxygen atoms in total. The predicted molar refractivity (Wildman–Crippen MR) is 84.7 cm³/mol. The van der Waals surface area contributed by atoms with Crippen LogP contribution in [-0.2, 0) is 19.8 Å². The Morgan fingerprint density at radius 2 is 1.90 bits per heavy atom. The molecule has 1 heterocycles. The van der Waals surface area contributed by atoms with Gasteiger partial charge in [0.15, 0.2) is 11.0 Å². The molecule has 2 rings (SSSR count). The van der Waals surface area contributed by atoms with E-state index in [1.807, 2.05) is 0 Å². The Labute approximate surface area is 130 Å². The van der Waals surface area contributed by atoms with Gasteiger partial charge in [0.25, 0.3) is 0 Å². The summed E-state index contributed by atoms with van der Waals surface area (Å²) in [5.74, 6) is 0. The van der Waals surface area contributed by atoms with Gasteiger partial charge in [-0.1, -0.05) is 6.07 Å². The fourth-order valence-electron chi connectivity index (χ4n) is 2.00. The molecular formula is C14H16BrO5P. The zero-order chi connectivity index (χ0) is 15.5. The molecule has 0 N–H and O–H groups in total.